The number of methoxy groups -OCH3 is 1. The van der Waals surface area contributed by atoms with Gasteiger partial charge < -0.3 is 25.6 Å². The lowest BCUT2D eigenvalue weighted by Gasteiger charge is -2.14. The minimum absolute atomic E-state index is 0.120. The minimum Gasteiger partial charge on any atom is -0.496 e. The third-order valence-electron chi connectivity index (χ3n) is 2.61. The van der Waals surface area contributed by atoms with Crippen molar-refractivity contribution in [2.24, 2.45) is 0 Å². The van der Waals surface area contributed by atoms with Gasteiger partial charge in [-0.15, -0.1) is 0 Å². The molecule has 0 aromatic heterocycles. The summed E-state index contributed by atoms with van der Waals surface area (Å²) in [6.45, 7) is 0.120. The predicted octanol–water partition coefficient (Wildman–Crippen LogP) is 0.422. The van der Waals surface area contributed by atoms with Gasteiger partial charge in [0, 0.05) is 12.1 Å². The molecule has 8 nitrogen and oxygen atoms in total. The number of hydrogen-bond acceptors (Lipinski definition) is 4. The Morgan fingerprint density at radius 2 is 1.90 bits per heavy atom. The zero-order valence-corrected chi connectivity index (χ0v) is 11.3. The van der Waals surface area contributed by atoms with E-state index in [-0.39, 0.29) is 6.54 Å². The van der Waals surface area contributed by atoms with Crippen molar-refractivity contribution in [3.8, 4) is 5.75 Å². The summed E-state index contributed by atoms with van der Waals surface area (Å²) in [5.74, 6) is -2.14. The van der Waals surface area contributed by atoms with Crippen molar-refractivity contribution < 1.29 is 29.3 Å². The van der Waals surface area contributed by atoms with E-state index in [1.807, 2.05) is 0 Å². The first kappa shape index (κ1) is 16.3. The van der Waals surface area contributed by atoms with Gasteiger partial charge in [-0.2, -0.15) is 0 Å². The number of benzene rings is 1. The van der Waals surface area contributed by atoms with E-state index in [1.165, 1.54) is 7.11 Å². The van der Waals surface area contributed by atoms with E-state index in [2.05, 4.69) is 10.6 Å². The quantitative estimate of drug-likeness (QED) is 0.578. The predicted molar refractivity (Wildman–Crippen MR) is 72.0 cm³/mol. The highest BCUT2D eigenvalue weighted by Crippen LogP contribution is 2.16. The Bertz CT molecular complexity index is 531. The molecule has 0 aliphatic heterocycles. The number of carboxylic acid groups (broad SMARTS) is 2. The van der Waals surface area contributed by atoms with Crippen LogP contribution in [0.3, 0.4) is 0 Å². The zero-order valence-electron chi connectivity index (χ0n) is 11.3. The van der Waals surface area contributed by atoms with Gasteiger partial charge in [-0.25, -0.2) is 9.59 Å². The van der Waals surface area contributed by atoms with E-state index in [0.29, 0.717) is 11.3 Å². The molecule has 1 aromatic rings. The molecule has 0 aliphatic carbocycles. The van der Waals surface area contributed by atoms with Crippen LogP contribution < -0.4 is 15.4 Å². The molecule has 4 N–H and O–H groups in total. The molecule has 114 valence electrons. The van der Waals surface area contributed by atoms with Crippen LogP contribution in [0.4, 0.5) is 4.79 Å². The van der Waals surface area contributed by atoms with E-state index in [0.717, 1.165) is 0 Å². The second-order valence-electron chi connectivity index (χ2n) is 4.13. The lowest BCUT2D eigenvalue weighted by Crippen LogP contribution is -2.46. The maximum absolute atomic E-state index is 11.6. The van der Waals surface area contributed by atoms with Crippen LogP contribution in [0.25, 0.3) is 0 Å². The summed E-state index contributed by atoms with van der Waals surface area (Å²) in [5, 5.41) is 21.9. The Morgan fingerprint density at radius 1 is 1.24 bits per heavy atom. The van der Waals surface area contributed by atoms with Gasteiger partial charge in [0.25, 0.3) is 0 Å². The summed E-state index contributed by atoms with van der Waals surface area (Å²) in [6.07, 6.45) is -0.697. The van der Waals surface area contributed by atoms with Crippen molar-refractivity contribution in [3.63, 3.8) is 0 Å². The minimum atomic E-state index is -1.49. The highest BCUT2D eigenvalue weighted by atomic mass is 16.5. The number of ether oxygens (including phenoxy) is 1. The molecular formula is C13H16N2O6. The van der Waals surface area contributed by atoms with Gasteiger partial charge in [0.15, 0.2) is 0 Å². The van der Waals surface area contributed by atoms with Gasteiger partial charge in [-0.3, -0.25) is 4.79 Å². The van der Waals surface area contributed by atoms with Crippen molar-refractivity contribution in [3.05, 3.63) is 29.8 Å². The molecule has 1 atom stereocenters. The van der Waals surface area contributed by atoms with Crippen LogP contribution in [-0.2, 0) is 16.1 Å². The number of carbonyl (C=O) groups excluding carboxylic acids is 1. The van der Waals surface area contributed by atoms with Gasteiger partial charge >= 0.3 is 18.0 Å². The van der Waals surface area contributed by atoms with Gasteiger partial charge in [-0.1, -0.05) is 18.2 Å². The first-order chi connectivity index (χ1) is 9.93. The Labute approximate surface area is 120 Å². The van der Waals surface area contributed by atoms with Crippen LogP contribution in [-0.4, -0.2) is 41.3 Å². The lowest BCUT2D eigenvalue weighted by atomic mass is 10.2. The average molecular weight is 296 g/mol. The number of carboxylic acids is 2. The van der Waals surface area contributed by atoms with E-state index >= 15 is 0 Å². The summed E-state index contributed by atoms with van der Waals surface area (Å²) in [5.41, 5.74) is 0.709. The summed E-state index contributed by atoms with van der Waals surface area (Å²) >= 11 is 0. The molecule has 0 spiro atoms. The molecule has 1 aromatic carbocycles. The molecule has 1 rings (SSSR count). The molecule has 0 saturated heterocycles. The second kappa shape index (κ2) is 7.73. The average Bonchev–Trinajstić information content (AvgIpc) is 2.44. The molecule has 8 heteroatoms. The summed E-state index contributed by atoms with van der Waals surface area (Å²) in [7, 11) is 1.49. The van der Waals surface area contributed by atoms with Crippen LogP contribution in [0.15, 0.2) is 24.3 Å². The lowest BCUT2D eigenvalue weighted by molar-refractivity contribution is -0.145. The molecule has 0 heterocycles. The van der Waals surface area contributed by atoms with Gasteiger partial charge in [-0.05, 0) is 6.07 Å². The number of carbonyl (C=O) groups is 3. The van der Waals surface area contributed by atoms with Crippen molar-refractivity contribution in [2.45, 2.75) is 19.0 Å². The topological polar surface area (TPSA) is 125 Å². The standard InChI is InChI=1S/C13H16N2O6/c1-21-10-5-3-2-4-8(10)7-14-13(20)15-9(12(18)19)6-11(16)17/h2-5,9H,6-7H2,1H3,(H,16,17)(H,18,19)(H2,14,15,20)/t9-/m1/s1. The van der Waals surface area contributed by atoms with Crippen molar-refractivity contribution in [1.29, 1.82) is 0 Å². The fraction of sp³-hybridized carbons (Fsp3) is 0.308. The molecule has 21 heavy (non-hydrogen) atoms. The third kappa shape index (κ3) is 5.39. The number of amides is 2. The first-order valence-electron chi connectivity index (χ1n) is 6.05. The molecule has 0 fully saturated rings. The molecule has 0 bridgehead atoms. The van der Waals surface area contributed by atoms with Crippen LogP contribution in [0.2, 0.25) is 0 Å². The molecule has 2 amide bonds. The second-order valence-corrected chi connectivity index (χ2v) is 4.13. The van der Waals surface area contributed by atoms with E-state index in [9.17, 15) is 14.4 Å². The number of para-hydroxylation sites is 1. The molecule has 0 radical (unpaired) electrons. The summed E-state index contributed by atoms with van der Waals surface area (Å²) in [4.78, 5) is 32.9. The highest BCUT2D eigenvalue weighted by Gasteiger charge is 2.22. The van der Waals surface area contributed by atoms with Crippen molar-refractivity contribution >= 4 is 18.0 Å². The molecular weight excluding hydrogens is 280 g/mol. The molecule has 0 unspecified atom stereocenters. The number of rotatable bonds is 7. The maximum Gasteiger partial charge on any atom is 0.326 e. The Balaban J connectivity index is 2.56. The van der Waals surface area contributed by atoms with E-state index in [1.54, 1.807) is 24.3 Å². The van der Waals surface area contributed by atoms with Crippen molar-refractivity contribution in [1.82, 2.24) is 10.6 Å². The SMILES string of the molecule is COc1ccccc1CNC(=O)N[C@H](CC(=O)O)C(=O)O. The fourth-order valence-corrected chi connectivity index (χ4v) is 1.61. The van der Waals surface area contributed by atoms with Gasteiger partial charge in [0.1, 0.15) is 11.8 Å². The monoisotopic (exact) mass is 296 g/mol. The summed E-state index contributed by atoms with van der Waals surface area (Å²) < 4.78 is 5.11. The van der Waals surface area contributed by atoms with Crippen LogP contribution >= 0.6 is 0 Å². The smallest absolute Gasteiger partial charge is 0.326 e. The third-order valence-corrected chi connectivity index (χ3v) is 2.61. The van der Waals surface area contributed by atoms with Crippen molar-refractivity contribution in [2.75, 3.05) is 7.11 Å². The van der Waals surface area contributed by atoms with Gasteiger partial charge in [0.05, 0.1) is 13.5 Å². The largest absolute Gasteiger partial charge is 0.496 e. The van der Waals surface area contributed by atoms with Crippen LogP contribution in [0.5, 0.6) is 5.75 Å². The first-order valence-corrected chi connectivity index (χ1v) is 6.05. The Kier molecular flexibility index (Phi) is 5.99. The van der Waals surface area contributed by atoms with E-state index < -0.39 is 30.4 Å². The van der Waals surface area contributed by atoms with Gasteiger partial charge in [0.2, 0.25) is 0 Å². The highest BCUT2D eigenvalue weighted by molar-refractivity contribution is 5.86. The fourth-order valence-electron chi connectivity index (χ4n) is 1.61. The number of aliphatic carboxylic acids is 2. The number of hydrogen-bond donors (Lipinski definition) is 4. The number of nitrogens with one attached hydrogen (secondary N) is 2. The maximum atomic E-state index is 11.6. The van der Waals surface area contributed by atoms with Crippen LogP contribution in [0.1, 0.15) is 12.0 Å². The Morgan fingerprint density at radius 3 is 2.48 bits per heavy atom. The number of urea groups is 1. The normalized spacial score (nSPS) is 11.3. The Hall–Kier alpha value is -2.77. The zero-order chi connectivity index (χ0) is 15.8. The molecule has 0 aliphatic rings. The summed E-state index contributed by atoms with van der Waals surface area (Å²) in [6, 6.07) is 4.75. The molecule has 0 saturated carbocycles. The van der Waals surface area contributed by atoms with E-state index in [4.69, 9.17) is 14.9 Å². The van der Waals surface area contributed by atoms with Crippen LogP contribution in [0, 0.1) is 0 Å².